The number of aromatic nitrogens is 2. The van der Waals surface area contributed by atoms with E-state index in [1.165, 1.54) is 6.20 Å². The van der Waals surface area contributed by atoms with Gasteiger partial charge in [-0.1, -0.05) is 12.1 Å². The van der Waals surface area contributed by atoms with E-state index in [-0.39, 0.29) is 6.61 Å². The summed E-state index contributed by atoms with van der Waals surface area (Å²) in [6.07, 6.45) is 0.524. The van der Waals surface area contributed by atoms with Gasteiger partial charge in [-0.05, 0) is 12.1 Å². The molecule has 0 saturated carbocycles. The Balaban J connectivity index is 2.51. The number of aliphatic hydroxyl groups excluding tert-OH is 2. The van der Waals surface area contributed by atoms with Crippen LogP contribution in [0.1, 0.15) is 11.8 Å². The summed E-state index contributed by atoms with van der Waals surface area (Å²) in [6, 6.07) is 7.39. The SMILES string of the molecule is OCC(O)c1cnc2ccccc2n1. The van der Waals surface area contributed by atoms with E-state index in [1.54, 1.807) is 0 Å². The van der Waals surface area contributed by atoms with Crippen molar-refractivity contribution in [1.29, 1.82) is 0 Å². The third-order valence-corrected chi connectivity index (χ3v) is 1.98. The molecule has 0 aliphatic carbocycles. The molecule has 4 nitrogen and oxygen atoms in total. The number of nitrogens with zero attached hydrogens (tertiary/aromatic N) is 2. The fraction of sp³-hybridized carbons (Fsp3) is 0.200. The van der Waals surface area contributed by atoms with Crippen molar-refractivity contribution >= 4 is 11.0 Å². The highest BCUT2D eigenvalue weighted by molar-refractivity contribution is 5.73. The van der Waals surface area contributed by atoms with Crippen molar-refractivity contribution < 1.29 is 10.2 Å². The van der Waals surface area contributed by atoms with Gasteiger partial charge in [-0.2, -0.15) is 0 Å². The minimum atomic E-state index is -0.952. The molecule has 1 heterocycles. The summed E-state index contributed by atoms with van der Waals surface area (Å²) < 4.78 is 0. The largest absolute Gasteiger partial charge is 0.393 e. The number of hydrogen-bond acceptors (Lipinski definition) is 4. The molecule has 14 heavy (non-hydrogen) atoms. The summed E-state index contributed by atoms with van der Waals surface area (Å²) in [5.74, 6) is 0. The van der Waals surface area contributed by atoms with E-state index in [0.29, 0.717) is 5.69 Å². The third kappa shape index (κ3) is 1.57. The molecular weight excluding hydrogens is 180 g/mol. The Bertz CT molecular complexity index is 445. The smallest absolute Gasteiger partial charge is 0.120 e. The van der Waals surface area contributed by atoms with Gasteiger partial charge in [-0.15, -0.1) is 0 Å². The molecule has 0 aliphatic heterocycles. The molecule has 1 aromatic heterocycles. The highest BCUT2D eigenvalue weighted by Gasteiger charge is 2.08. The van der Waals surface area contributed by atoms with Crippen LogP contribution in [-0.4, -0.2) is 26.8 Å². The van der Waals surface area contributed by atoms with Crippen molar-refractivity contribution in [2.75, 3.05) is 6.61 Å². The van der Waals surface area contributed by atoms with Crippen LogP contribution in [0.4, 0.5) is 0 Å². The van der Waals surface area contributed by atoms with Crippen molar-refractivity contribution in [2.45, 2.75) is 6.10 Å². The van der Waals surface area contributed by atoms with Gasteiger partial charge in [0.05, 0.1) is 29.5 Å². The van der Waals surface area contributed by atoms with Gasteiger partial charge < -0.3 is 10.2 Å². The quantitative estimate of drug-likeness (QED) is 0.729. The summed E-state index contributed by atoms with van der Waals surface area (Å²) in [4.78, 5) is 8.29. The third-order valence-electron chi connectivity index (χ3n) is 1.98. The minimum Gasteiger partial charge on any atom is -0.393 e. The van der Waals surface area contributed by atoms with Crippen molar-refractivity contribution in [3.63, 3.8) is 0 Å². The second kappa shape index (κ2) is 3.69. The molecule has 1 atom stereocenters. The van der Waals surface area contributed by atoms with Gasteiger partial charge in [0.1, 0.15) is 6.10 Å². The van der Waals surface area contributed by atoms with E-state index in [9.17, 15) is 5.11 Å². The van der Waals surface area contributed by atoms with Gasteiger partial charge in [0.2, 0.25) is 0 Å². The van der Waals surface area contributed by atoms with Crippen LogP contribution in [0.2, 0.25) is 0 Å². The summed E-state index contributed by atoms with van der Waals surface area (Å²) in [5.41, 5.74) is 1.89. The first kappa shape index (κ1) is 9.05. The normalized spacial score (nSPS) is 13.0. The monoisotopic (exact) mass is 190 g/mol. The Morgan fingerprint density at radius 3 is 2.64 bits per heavy atom. The number of rotatable bonds is 2. The predicted molar refractivity (Wildman–Crippen MR) is 51.6 cm³/mol. The molecule has 0 aliphatic rings. The minimum absolute atomic E-state index is 0.340. The summed E-state index contributed by atoms with van der Waals surface area (Å²) in [7, 11) is 0. The molecular formula is C10H10N2O2. The molecule has 4 heteroatoms. The van der Waals surface area contributed by atoms with E-state index in [0.717, 1.165) is 11.0 Å². The maximum absolute atomic E-state index is 9.34. The van der Waals surface area contributed by atoms with Crippen molar-refractivity contribution in [3.8, 4) is 0 Å². The lowest BCUT2D eigenvalue weighted by Crippen LogP contribution is -2.05. The van der Waals surface area contributed by atoms with Crippen LogP contribution >= 0.6 is 0 Å². The lowest BCUT2D eigenvalue weighted by atomic mass is 10.2. The average molecular weight is 190 g/mol. The van der Waals surface area contributed by atoms with E-state index in [2.05, 4.69) is 9.97 Å². The fourth-order valence-electron chi connectivity index (χ4n) is 1.23. The zero-order chi connectivity index (χ0) is 9.97. The van der Waals surface area contributed by atoms with Crippen molar-refractivity contribution in [2.24, 2.45) is 0 Å². The fourth-order valence-corrected chi connectivity index (χ4v) is 1.23. The molecule has 0 fully saturated rings. The van der Waals surface area contributed by atoms with Gasteiger partial charge >= 0.3 is 0 Å². The number of aliphatic hydroxyl groups is 2. The molecule has 0 radical (unpaired) electrons. The van der Waals surface area contributed by atoms with Crippen LogP contribution in [0.5, 0.6) is 0 Å². The predicted octanol–water partition coefficient (Wildman–Crippen LogP) is 0.655. The molecule has 72 valence electrons. The van der Waals surface area contributed by atoms with E-state index < -0.39 is 6.10 Å². The molecule has 0 spiro atoms. The number of fused-ring (bicyclic) bond motifs is 1. The Morgan fingerprint density at radius 1 is 1.21 bits per heavy atom. The molecule has 2 rings (SSSR count). The van der Waals surface area contributed by atoms with Crippen LogP contribution in [0.15, 0.2) is 30.5 Å². The molecule has 1 aromatic carbocycles. The lowest BCUT2D eigenvalue weighted by Gasteiger charge is -2.06. The topological polar surface area (TPSA) is 66.2 Å². The van der Waals surface area contributed by atoms with Gasteiger partial charge in [0.15, 0.2) is 0 Å². The average Bonchev–Trinajstić information content (AvgIpc) is 2.27. The maximum atomic E-state index is 9.34. The molecule has 2 N–H and O–H groups in total. The first-order valence-corrected chi connectivity index (χ1v) is 4.32. The standard InChI is InChI=1S/C10H10N2O2/c13-6-10(14)9-5-11-7-3-1-2-4-8(7)12-9/h1-5,10,13-14H,6H2. The molecule has 0 saturated heterocycles. The Labute approximate surface area is 80.9 Å². The van der Waals surface area contributed by atoms with E-state index >= 15 is 0 Å². The Hall–Kier alpha value is -1.52. The van der Waals surface area contributed by atoms with Crippen LogP contribution in [0, 0.1) is 0 Å². The van der Waals surface area contributed by atoms with Crippen LogP contribution in [-0.2, 0) is 0 Å². The maximum Gasteiger partial charge on any atom is 0.120 e. The molecule has 0 bridgehead atoms. The Morgan fingerprint density at radius 2 is 1.93 bits per heavy atom. The first-order chi connectivity index (χ1) is 6.81. The zero-order valence-electron chi connectivity index (χ0n) is 7.46. The van der Waals surface area contributed by atoms with Gasteiger partial charge in [-0.3, -0.25) is 4.98 Å². The molecule has 2 aromatic rings. The molecule has 0 amide bonds. The number of benzene rings is 1. The van der Waals surface area contributed by atoms with Gasteiger partial charge in [0.25, 0.3) is 0 Å². The van der Waals surface area contributed by atoms with Gasteiger partial charge in [0, 0.05) is 0 Å². The second-order valence-corrected chi connectivity index (χ2v) is 2.98. The Kier molecular flexibility index (Phi) is 2.39. The van der Waals surface area contributed by atoms with E-state index in [4.69, 9.17) is 5.11 Å². The van der Waals surface area contributed by atoms with Crippen LogP contribution < -0.4 is 0 Å². The van der Waals surface area contributed by atoms with Crippen molar-refractivity contribution in [1.82, 2.24) is 9.97 Å². The highest BCUT2D eigenvalue weighted by atomic mass is 16.3. The first-order valence-electron chi connectivity index (χ1n) is 4.32. The van der Waals surface area contributed by atoms with Crippen LogP contribution in [0.3, 0.4) is 0 Å². The number of para-hydroxylation sites is 2. The lowest BCUT2D eigenvalue weighted by molar-refractivity contribution is 0.0922. The highest BCUT2D eigenvalue weighted by Crippen LogP contribution is 2.13. The van der Waals surface area contributed by atoms with E-state index in [1.807, 2.05) is 24.3 Å². The van der Waals surface area contributed by atoms with Gasteiger partial charge in [-0.25, -0.2) is 4.98 Å². The summed E-state index contributed by atoms with van der Waals surface area (Å²) in [5, 5.41) is 18.1. The summed E-state index contributed by atoms with van der Waals surface area (Å²) in [6.45, 7) is -0.340. The number of hydrogen-bond donors (Lipinski definition) is 2. The van der Waals surface area contributed by atoms with Crippen molar-refractivity contribution in [3.05, 3.63) is 36.2 Å². The second-order valence-electron chi connectivity index (χ2n) is 2.98. The van der Waals surface area contributed by atoms with Crippen LogP contribution in [0.25, 0.3) is 11.0 Å². The molecule has 1 unspecified atom stereocenters. The zero-order valence-corrected chi connectivity index (χ0v) is 7.46. The summed E-state index contributed by atoms with van der Waals surface area (Å²) >= 11 is 0.